The summed E-state index contributed by atoms with van der Waals surface area (Å²) < 4.78 is 47.9. The average molecular weight is 503 g/mol. The van der Waals surface area contributed by atoms with E-state index in [4.69, 9.17) is 27.8 Å². The van der Waals surface area contributed by atoms with Crippen LogP contribution in [0.5, 0.6) is 5.75 Å². The molecule has 0 fully saturated rings. The number of nitrogens with zero attached hydrogens (tertiary/aromatic N) is 6. The lowest BCUT2D eigenvalue weighted by atomic mass is 9.99. The van der Waals surface area contributed by atoms with E-state index in [1.807, 2.05) is 4.90 Å². The molecule has 0 aliphatic carbocycles. The summed E-state index contributed by atoms with van der Waals surface area (Å²) in [5.74, 6) is 0.925. The molecule has 0 spiro atoms. The Kier molecular flexibility index (Phi) is 5.47. The van der Waals surface area contributed by atoms with E-state index in [0.717, 1.165) is 0 Å². The lowest BCUT2D eigenvalue weighted by Crippen LogP contribution is -2.28. The van der Waals surface area contributed by atoms with Crippen LogP contribution in [0.4, 0.5) is 30.6 Å². The number of nitrogen functional groups attached to an aromatic ring is 2. The number of ether oxygens (including phenoxy) is 1. The minimum Gasteiger partial charge on any atom is -0.489 e. The van der Waals surface area contributed by atoms with E-state index in [1.54, 1.807) is 6.20 Å². The Labute approximate surface area is 201 Å². The fourth-order valence-electron chi connectivity index (χ4n) is 4.16. The van der Waals surface area contributed by atoms with Gasteiger partial charge in [0.2, 0.25) is 0 Å². The number of anilines is 3. The summed E-state index contributed by atoms with van der Waals surface area (Å²) >= 11 is 6.67. The normalized spacial score (nSPS) is 13.6. The number of aromatic nitrogens is 5. The van der Waals surface area contributed by atoms with Crippen molar-refractivity contribution in [1.82, 2.24) is 24.9 Å². The van der Waals surface area contributed by atoms with Gasteiger partial charge in [0.15, 0.2) is 5.75 Å². The predicted molar refractivity (Wildman–Crippen MR) is 125 cm³/mol. The molecule has 5 rings (SSSR count). The van der Waals surface area contributed by atoms with E-state index >= 15 is 0 Å². The summed E-state index contributed by atoms with van der Waals surface area (Å²) in [6.07, 6.45) is -0.398. The van der Waals surface area contributed by atoms with Crippen LogP contribution in [0, 0.1) is 6.92 Å². The molecule has 13 heteroatoms. The van der Waals surface area contributed by atoms with Crippen molar-refractivity contribution in [1.29, 1.82) is 0 Å². The third kappa shape index (κ3) is 3.99. The molecule has 35 heavy (non-hydrogen) atoms. The van der Waals surface area contributed by atoms with Crippen LogP contribution >= 0.6 is 11.6 Å². The minimum absolute atomic E-state index is 0.00990. The van der Waals surface area contributed by atoms with E-state index in [9.17, 15) is 13.2 Å². The van der Waals surface area contributed by atoms with E-state index in [2.05, 4.69) is 24.9 Å². The highest BCUT2D eigenvalue weighted by molar-refractivity contribution is 6.36. The number of rotatable bonds is 3. The van der Waals surface area contributed by atoms with Crippen LogP contribution in [0.25, 0.3) is 22.2 Å². The molecule has 1 aliphatic rings. The molecule has 4 aromatic rings. The smallest absolute Gasteiger partial charge is 0.418 e. The second-order valence-corrected chi connectivity index (χ2v) is 8.33. The van der Waals surface area contributed by atoms with Crippen molar-refractivity contribution in [3.8, 4) is 17.0 Å². The molecule has 0 atom stereocenters. The quantitative estimate of drug-likeness (QED) is 0.426. The van der Waals surface area contributed by atoms with Crippen molar-refractivity contribution in [2.24, 2.45) is 0 Å². The van der Waals surface area contributed by atoms with Gasteiger partial charge in [0.25, 0.3) is 0 Å². The van der Waals surface area contributed by atoms with Gasteiger partial charge in [-0.15, -0.1) is 0 Å². The lowest BCUT2D eigenvalue weighted by molar-refractivity contribution is -0.137. The Hall–Kier alpha value is -3.93. The topological polar surface area (TPSA) is 129 Å². The number of pyridine rings is 1. The largest absolute Gasteiger partial charge is 0.489 e. The first-order chi connectivity index (χ1) is 16.6. The zero-order valence-electron chi connectivity index (χ0n) is 18.3. The van der Waals surface area contributed by atoms with Gasteiger partial charge in [0, 0.05) is 23.9 Å². The number of nitrogens with two attached hydrogens (primary N) is 2. The van der Waals surface area contributed by atoms with Crippen LogP contribution in [-0.2, 0) is 12.7 Å². The third-order valence-corrected chi connectivity index (χ3v) is 6.04. The van der Waals surface area contributed by atoms with E-state index < -0.39 is 17.4 Å². The molecule has 1 aromatic carbocycles. The van der Waals surface area contributed by atoms with Crippen LogP contribution in [0.15, 0.2) is 31.0 Å². The Balaban J connectivity index is 1.72. The molecule has 0 radical (unpaired) electrons. The third-order valence-electron chi connectivity index (χ3n) is 5.67. The van der Waals surface area contributed by atoms with Crippen LogP contribution in [0.2, 0.25) is 5.02 Å². The van der Waals surface area contributed by atoms with Gasteiger partial charge >= 0.3 is 6.18 Å². The number of hydrogen-bond acceptors (Lipinski definition) is 9. The molecule has 4 N–H and O–H groups in total. The zero-order valence-corrected chi connectivity index (χ0v) is 19.0. The fourth-order valence-corrected chi connectivity index (χ4v) is 4.45. The van der Waals surface area contributed by atoms with Crippen molar-refractivity contribution < 1.29 is 17.9 Å². The van der Waals surface area contributed by atoms with Gasteiger partial charge in [-0.3, -0.25) is 0 Å². The molecule has 0 amide bonds. The molecule has 9 nitrogen and oxygen atoms in total. The molecular formula is C22H18ClF3N8O. The number of benzene rings is 1. The first kappa shape index (κ1) is 22.8. The second-order valence-electron chi connectivity index (χ2n) is 7.95. The van der Waals surface area contributed by atoms with Crippen LogP contribution in [0.1, 0.15) is 16.7 Å². The monoisotopic (exact) mass is 502 g/mol. The van der Waals surface area contributed by atoms with Crippen molar-refractivity contribution in [2.45, 2.75) is 19.6 Å². The molecule has 0 unspecified atom stereocenters. The zero-order chi connectivity index (χ0) is 24.9. The van der Waals surface area contributed by atoms with Gasteiger partial charge in [-0.1, -0.05) is 11.6 Å². The number of aryl methyl sites for hydroxylation is 1. The van der Waals surface area contributed by atoms with E-state index in [-0.39, 0.29) is 34.3 Å². The maximum absolute atomic E-state index is 14.0. The van der Waals surface area contributed by atoms with Crippen LogP contribution in [-0.4, -0.2) is 38.1 Å². The molecule has 0 bridgehead atoms. The predicted octanol–water partition coefficient (Wildman–Crippen LogP) is 4.03. The Morgan fingerprint density at radius 3 is 2.69 bits per heavy atom. The molecule has 4 heterocycles. The highest BCUT2D eigenvalue weighted by Crippen LogP contribution is 2.48. The van der Waals surface area contributed by atoms with E-state index in [1.165, 1.54) is 31.7 Å². The highest BCUT2D eigenvalue weighted by atomic mass is 35.5. The maximum atomic E-state index is 14.0. The molecular weight excluding hydrogens is 485 g/mol. The standard InChI is InChI=1S/C22H18ClF3N8O/c1-10-4-14(27)33-18(16(10)22(24,25)26)12-5-13-15-19(17(12)23)35-3-2-34(21(15)32-9-30-13)7-11-6-29-8-31-20(11)28/h4-6,8-9H,2-3,7H2,1H3,(H2,27,33)(H2,28,29,31). The van der Waals surface area contributed by atoms with Gasteiger partial charge in [-0.05, 0) is 24.6 Å². The SMILES string of the molecule is Cc1cc(N)nc(-c2cc3ncnc4c3c(c2Cl)OCCN4Cc2cncnc2N)c1C(F)(F)F. The van der Waals surface area contributed by atoms with Crippen LogP contribution in [0.3, 0.4) is 0 Å². The molecule has 1 aliphatic heterocycles. The summed E-state index contributed by atoms with van der Waals surface area (Å²) in [4.78, 5) is 22.6. The van der Waals surface area contributed by atoms with E-state index in [0.29, 0.717) is 41.2 Å². The Morgan fingerprint density at radius 2 is 1.94 bits per heavy atom. The highest BCUT2D eigenvalue weighted by Gasteiger charge is 2.38. The first-order valence-electron chi connectivity index (χ1n) is 10.4. The van der Waals surface area contributed by atoms with Crippen LogP contribution < -0.4 is 21.1 Å². The van der Waals surface area contributed by atoms with Gasteiger partial charge < -0.3 is 21.1 Å². The van der Waals surface area contributed by atoms with Gasteiger partial charge in [0.05, 0.1) is 33.7 Å². The van der Waals surface area contributed by atoms with Crippen molar-refractivity contribution in [3.05, 3.63) is 52.7 Å². The van der Waals surface area contributed by atoms with Crippen molar-refractivity contribution >= 4 is 40.0 Å². The summed E-state index contributed by atoms with van der Waals surface area (Å²) in [6.45, 7) is 2.22. The molecule has 180 valence electrons. The fraction of sp³-hybridized carbons (Fsp3) is 0.227. The summed E-state index contributed by atoms with van der Waals surface area (Å²) in [5, 5.41) is 0.421. The summed E-state index contributed by atoms with van der Waals surface area (Å²) in [6, 6.07) is 2.61. The summed E-state index contributed by atoms with van der Waals surface area (Å²) in [5.41, 5.74) is 11.4. The lowest BCUT2D eigenvalue weighted by Gasteiger charge is -2.22. The number of alkyl halides is 3. The van der Waals surface area contributed by atoms with Gasteiger partial charge in [-0.25, -0.2) is 24.9 Å². The Bertz CT molecular complexity index is 1460. The number of halogens is 4. The first-order valence-corrected chi connectivity index (χ1v) is 10.8. The molecule has 0 saturated carbocycles. The Morgan fingerprint density at radius 1 is 1.14 bits per heavy atom. The second kappa shape index (κ2) is 8.38. The molecule has 0 saturated heterocycles. The summed E-state index contributed by atoms with van der Waals surface area (Å²) in [7, 11) is 0. The van der Waals surface area contributed by atoms with Crippen molar-refractivity contribution in [2.75, 3.05) is 29.5 Å². The van der Waals surface area contributed by atoms with Crippen molar-refractivity contribution in [3.63, 3.8) is 0 Å². The van der Waals surface area contributed by atoms with Gasteiger partial charge in [0.1, 0.15) is 36.7 Å². The maximum Gasteiger partial charge on any atom is 0.418 e. The minimum atomic E-state index is -4.68. The average Bonchev–Trinajstić information content (AvgIpc) is 2.97. The molecule has 3 aromatic heterocycles. The van der Waals surface area contributed by atoms with Gasteiger partial charge in [-0.2, -0.15) is 13.2 Å². The number of hydrogen-bond donors (Lipinski definition) is 2.